The second-order valence-corrected chi connectivity index (χ2v) is 6.96. The van der Waals surface area contributed by atoms with Gasteiger partial charge in [-0.2, -0.15) is 0 Å². The molecule has 1 atom stereocenters. The third-order valence-electron chi connectivity index (χ3n) is 5.11. The van der Waals surface area contributed by atoms with E-state index in [0.29, 0.717) is 5.92 Å². The van der Waals surface area contributed by atoms with Gasteiger partial charge in [-0.05, 0) is 42.4 Å². The third-order valence-corrected chi connectivity index (χ3v) is 5.11. The number of imidazole rings is 1. The summed E-state index contributed by atoms with van der Waals surface area (Å²) in [4.78, 5) is 4.75. The molecule has 24 heavy (non-hydrogen) atoms. The van der Waals surface area contributed by atoms with Gasteiger partial charge in [0, 0.05) is 16.3 Å². The molecule has 0 N–H and O–H groups in total. The van der Waals surface area contributed by atoms with Crippen molar-refractivity contribution in [1.29, 1.82) is 0 Å². The van der Waals surface area contributed by atoms with Gasteiger partial charge >= 0.3 is 0 Å². The van der Waals surface area contributed by atoms with Gasteiger partial charge in [-0.15, -0.1) is 0 Å². The number of allylic oxidation sites excluding steroid dienone is 4. The number of fused-ring (bicyclic) bond motifs is 3. The highest BCUT2D eigenvalue weighted by molar-refractivity contribution is 5.95. The molecule has 1 aliphatic rings. The molecule has 2 aromatic heterocycles. The fourth-order valence-corrected chi connectivity index (χ4v) is 4.13. The van der Waals surface area contributed by atoms with Crippen molar-refractivity contribution >= 4 is 35.2 Å². The van der Waals surface area contributed by atoms with E-state index in [1.807, 2.05) is 12.3 Å². The summed E-state index contributed by atoms with van der Waals surface area (Å²) in [6.45, 7) is 15.3. The maximum Gasteiger partial charge on any atom is 0.145 e. The van der Waals surface area contributed by atoms with Gasteiger partial charge in [-0.3, -0.25) is 4.40 Å². The summed E-state index contributed by atoms with van der Waals surface area (Å²) in [5.74, 6) is 0.594. The highest BCUT2D eigenvalue weighted by Crippen LogP contribution is 2.35. The second-order valence-electron chi connectivity index (χ2n) is 6.96. The van der Waals surface area contributed by atoms with E-state index in [9.17, 15) is 0 Å². The van der Waals surface area contributed by atoms with Crippen molar-refractivity contribution in [2.75, 3.05) is 0 Å². The Morgan fingerprint density at radius 3 is 2.54 bits per heavy atom. The summed E-state index contributed by atoms with van der Waals surface area (Å²) in [7, 11) is 0. The molecule has 0 saturated carbocycles. The van der Waals surface area contributed by atoms with Crippen LogP contribution in [-0.4, -0.2) is 9.38 Å². The normalized spacial score (nSPS) is 18.5. The number of aromatic nitrogens is 2. The van der Waals surface area contributed by atoms with Crippen molar-refractivity contribution in [3.05, 3.63) is 63.9 Å². The minimum Gasteiger partial charge on any atom is -0.292 e. The standard InChI is InChI=1S/C22H22N2/c1-13-10-14(2)21(15(3)11-13)20-12-23-22-19-9-7-6-8-18(19)16(4)17(5)24(20)22/h6-10,12-13H,4-5,11H2,1-3H3. The van der Waals surface area contributed by atoms with Crippen molar-refractivity contribution in [2.45, 2.75) is 27.2 Å². The average Bonchev–Trinajstić information content (AvgIpc) is 2.96. The number of hydrogen-bond donors (Lipinski definition) is 0. The predicted octanol–water partition coefficient (Wildman–Crippen LogP) is 4.07. The van der Waals surface area contributed by atoms with Crippen LogP contribution in [0.5, 0.6) is 0 Å². The van der Waals surface area contributed by atoms with Gasteiger partial charge in [0.2, 0.25) is 0 Å². The predicted molar refractivity (Wildman–Crippen MR) is 103 cm³/mol. The first-order valence-corrected chi connectivity index (χ1v) is 8.44. The van der Waals surface area contributed by atoms with Crippen molar-refractivity contribution in [3.63, 3.8) is 0 Å². The first-order chi connectivity index (χ1) is 11.5. The molecule has 1 aromatic carbocycles. The number of benzene rings is 1. The lowest BCUT2D eigenvalue weighted by Crippen LogP contribution is -2.31. The van der Waals surface area contributed by atoms with Crippen LogP contribution in [0.15, 0.2) is 47.7 Å². The van der Waals surface area contributed by atoms with Crippen LogP contribution in [0.2, 0.25) is 0 Å². The Kier molecular flexibility index (Phi) is 3.24. The summed E-state index contributed by atoms with van der Waals surface area (Å²) < 4.78 is 2.18. The van der Waals surface area contributed by atoms with Gasteiger partial charge in [0.05, 0.1) is 11.9 Å². The van der Waals surface area contributed by atoms with E-state index in [-0.39, 0.29) is 0 Å². The van der Waals surface area contributed by atoms with Crippen molar-refractivity contribution in [2.24, 2.45) is 5.92 Å². The third kappa shape index (κ3) is 1.99. The van der Waals surface area contributed by atoms with Crippen molar-refractivity contribution in [1.82, 2.24) is 9.38 Å². The van der Waals surface area contributed by atoms with Crippen molar-refractivity contribution in [3.8, 4) is 0 Å². The summed E-state index contributed by atoms with van der Waals surface area (Å²) in [5, 5.41) is 4.15. The monoisotopic (exact) mass is 314 g/mol. The van der Waals surface area contributed by atoms with E-state index < -0.39 is 0 Å². The van der Waals surface area contributed by atoms with Crippen LogP contribution in [-0.2, 0) is 0 Å². The van der Waals surface area contributed by atoms with Crippen molar-refractivity contribution < 1.29 is 0 Å². The lowest BCUT2D eigenvalue weighted by molar-refractivity contribution is 0.703. The van der Waals surface area contributed by atoms with E-state index in [0.717, 1.165) is 39.1 Å². The fourth-order valence-electron chi connectivity index (χ4n) is 4.13. The minimum atomic E-state index is 0.594. The molecule has 0 aliphatic heterocycles. The Labute approximate surface area is 142 Å². The number of nitrogens with zero attached hydrogens (tertiary/aromatic N) is 2. The molecule has 1 aliphatic carbocycles. The Bertz CT molecular complexity index is 1140. The van der Waals surface area contributed by atoms with E-state index in [2.05, 4.69) is 62.6 Å². The summed E-state index contributed by atoms with van der Waals surface area (Å²) >= 11 is 0. The maximum atomic E-state index is 4.75. The van der Waals surface area contributed by atoms with Crippen LogP contribution >= 0.6 is 0 Å². The molecule has 120 valence electrons. The fraction of sp³-hybridized carbons (Fsp3) is 0.227. The van der Waals surface area contributed by atoms with Gasteiger partial charge in [0.25, 0.3) is 0 Å². The molecule has 0 radical (unpaired) electrons. The average molecular weight is 314 g/mol. The molecule has 0 amide bonds. The zero-order valence-corrected chi connectivity index (χ0v) is 14.6. The second kappa shape index (κ2) is 5.20. The van der Waals surface area contributed by atoms with E-state index in [4.69, 9.17) is 4.98 Å². The minimum absolute atomic E-state index is 0.594. The van der Waals surface area contributed by atoms with Crippen LogP contribution in [0.1, 0.15) is 32.9 Å². The Morgan fingerprint density at radius 2 is 1.83 bits per heavy atom. The Morgan fingerprint density at radius 1 is 1.12 bits per heavy atom. The van der Waals surface area contributed by atoms with E-state index in [1.165, 1.54) is 16.7 Å². The van der Waals surface area contributed by atoms with Crippen LogP contribution in [0, 0.1) is 5.92 Å². The van der Waals surface area contributed by atoms with Crippen LogP contribution in [0.4, 0.5) is 0 Å². The molecule has 4 rings (SSSR count). The number of rotatable bonds is 1. The molecule has 0 fully saturated rings. The van der Waals surface area contributed by atoms with Gasteiger partial charge in [-0.1, -0.05) is 56.0 Å². The molecule has 2 heteroatoms. The molecular weight excluding hydrogens is 292 g/mol. The first kappa shape index (κ1) is 14.9. The van der Waals surface area contributed by atoms with Crippen LogP contribution in [0.25, 0.3) is 35.2 Å². The van der Waals surface area contributed by atoms with Crippen LogP contribution < -0.4 is 10.6 Å². The molecule has 1 unspecified atom stereocenters. The zero-order valence-electron chi connectivity index (χ0n) is 14.6. The van der Waals surface area contributed by atoms with Crippen LogP contribution in [0.3, 0.4) is 0 Å². The highest BCUT2D eigenvalue weighted by Gasteiger charge is 2.20. The SMILES string of the molecule is C=c1c(=C)n2c(C3=C(C)CC(C)C=C3C)cnc2c2ccccc12. The zero-order chi connectivity index (χ0) is 17.0. The Balaban J connectivity index is 2.14. The van der Waals surface area contributed by atoms with Gasteiger partial charge in [-0.25, -0.2) is 4.98 Å². The van der Waals surface area contributed by atoms with Gasteiger partial charge < -0.3 is 0 Å². The molecule has 0 saturated heterocycles. The van der Waals surface area contributed by atoms with Gasteiger partial charge in [0.15, 0.2) is 0 Å². The smallest absolute Gasteiger partial charge is 0.145 e. The molecule has 0 bridgehead atoms. The Hall–Kier alpha value is -2.61. The topological polar surface area (TPSA) is 17.3 Å². The lowest BCUT2D eigenvalue weighted by atomic mass is 9.85. The number of hydrogen-bond acceptors (Lipinski definition) is 1. The molecular formula is C22H22N2. The van der Waals surface area contributed by atoms with E-state index >= 15 is 0 Å². The molecule has 3 aromatic rings. The molecule has 2 nitrogen and oxygen atoms in total. The quantitative estimate of drug-likeness (QED) is 0.662. The summed E-state index contributed by atoms with van der Waals surface area (Å²) in [6.07, 6.45) is 5.44. The summed E-state index contributed by atoms with van der Waals surface area (Å²) in [6, 6.07) is 8.30. The maximum absolute atomic E-state index is 4.75. The first-order valence-electron chi connectivity index (χ1n) is 8.44. The molecule has 2 heterocycles. The van der Waals surface area contributed by atoms with Gasteiger partial charge in [0.1, 0.15) is 5.65 Å². The number of pyridine rings is 1. The largest absolute Gasteiger partial charge is 0.292 e. The molecule has 0 spiro atoms. The summed E-state index contributed by atoms with van der Waals surface area (Å²) in [5.41, 5.74) is 6.14. The van der Waals surface area contributed by atoms with E-state index in [1.54, 1.807) is 0 Å². The highest BCUT2D eigenvalue weighted by atomic mass is 15.0. The lowest BCUT2D eigenvalue weighted by Gasteiger charge is -2.21.